The van der Waals surface area contributed by atoms with Crippen LogP contribution in [0.1, 0.15) is 25.5 Å². The zero-order chi connectivity index (χ0) is 14.9. The standard InChI is InChI=1S/C15H19N3O2/c1-9-13(10(2)19)14(17-15(20)16-9)11-5-7-12(8-6-11)18(3)4/h5-8,14H,1-4H3,(H2,16,17,20)/t14-/m0/s1. The minimum absolute atomic E-state index is 0.0447. The van der Waals surface area contributed by atoms with Crippen molar-refractivity contribution in [3.8, 4) is 0 Å². The summed E-state index contributed by atoms with van der Waals surface area (Å²) in [5, 5.41) is 5.44. The van der Waals surface area contributed by atoms with E-state index in [2.05, 4.69) is 10.6 Å². The molecule has 0 fully saturated rings. The molecule has 2 amide bonds. The Bertz CT molecular complexity index is 573. The van der Waals surface area contributed by atoms with E-state index in [1.165, 1.54) is 6.92 Å². The first-order chi connectivity index (χ1) is 9.40. The highest BCUT2D eigenvalue weighted by molar-refractivity contribution is 5.98. The van der Waals surface area contributed by atoms with E-state index < -0.39 is 6.04 Å². The maximum absolute atomic E-state index is 11.8. The van der Waals surface area contributed by atoms with Gasteiger partial charge in [0.05, 0.1) is 6.04 Å². The number of hydrogen-bond acceptors (Lipinski definition) is 3. The molecule has 0 bridgehead atoms. The van der Waals surface area contributed by atoms with E-state index >= 15 is 0 Å². The van der Waals surface area contributed by atoms with Gasteiger partial charge in [-0.05, 0) is 31.5 Å². The fraction of sp³-hybridized carbons (Fsp3) is 0.333. The molecule has 1 aliphatic rings. The molecule has 0 unspecified atom stereocenters. The second-order valence-electron chi connectivity index (χ2n) is 5.11. The molecule has 1 atom stereocenters. The van der Waals surface area contributed by atoms with Crippen LogP contribution in [0.3, 0.4) is 0 Å². The second-order valence-corrected chi connectivity index (χ2v) is 5.11. The van der Waals surface area contributed by atoms with Crippen molar-refractivity contribution in [3.05, 3.63) is 41.1 Å². The summed E-state index contributed by atoms with van der Waals surface area (Å²) in [7, 11) is 3.93. The number of urea groups is 1. The molecule has 1 aliphatic heterocycles. The first-order valence-corrected chi connectivity index (χ1v) is 6.46. The molecule has 0 saturated carbocycles. The average Bonchev–Trinajstić information content (AvgIpc) is 2.37. The van der Waals surface area contributed by atoms with E-state index in [9.17, 15) is 9.59 Å². The Kier molecular flexibility index (Phi) is 3.79. The van der Waals surface area contributed by atoms with Gasteiger partial charge >= 0.3 is 6.03 Å². The lowest BCUT2D eigenvalue weighted by atomic mass is 9.93. The van der Waals surface area contributed by atoms with Crippen LogP contribution in [-0.2, 0) is 4.79 Å². The van der Waals surface area contributed by atoms with Gasteiger partial charge in [-0.25, -0.2) is 4.79 Å². The molecule has 5 nitrogen and oxygen atoms in total. The van der Waals surface area contributed by atoms with E-state index in [4.69, 9.17) is 0 Å². The number of anilines is 1. The fourth-order valence-corrected chi connectivity index (χ4v) is 2.38. The normalized spacial score (nSPS) is 18.4. The van der Waals surface area contributed by atoms with Gasteiger partial charge in [-0.3, -0.25) is 4.79 Å². The average molecular weight is 273 g/mol. The minimum atomic E-state index is -0.391. The lowest BCUT2D eigenvalue weighted by Gasteiger charge is -2.28. The van der Waals surface area contributed by atoms with E-state index in [1.54, 1.807) is 6.92 Å². The summed E-state index contributed by atoms with van der Waals surface area (Å²) >= 11 is 0. The molecule has 0 aromatic heterocycles. The molecule has 0 aliphatic carbocycles. The number of nitrogens with one attached hydrogen (secondary N) is 2. The molecule has 0 saturated heterocycles. The first-order valence-electron chi connectivity index (χ1n) is 6.46. The Morgan fingerprint density at radius 2 is 1.80 bits per heavy atom. The Balaban J connectivity index is 2.41. The van der Waals surface area contributed by atoms with Gasteiger partial charge in [0.1, 0.15) is 0 Å². The molecule has 1 heterocycles. The predicted molar refractivity (Wildman–Crippen MR) is 78.6 cm³/mol. The van der Waals surface area contributed by atoms with Crippen LogP contribution >= 0.6 is 0 Å². The van der Waals surface area contributed by atoms with Crippen LogP contribution in [0.5, 0.6) is 0 Å². The van der Waals surface area contributed by atoms with Gasteiger partial charge in [0.25, 0.3) is 0 Å². The first kappa shape index (κ1) is 14.1. The highest BCUT2D eigenvalue weighted by Gasteiger charge is 2.28. The van der Waals surface area contributed by atoms with Crippen molar-refractivity contribution in [2.24, 2.45) is 0 Å². The van der Waals surface area contributed by atoms with Gasteiger partial charge in [-0.1, -0.05) is 12.1 Å². The molecular weight excluding hydrogens is 254 g/mol. The van der Waals surface area contributed by atoms with Crippen molar-refractivity contribution >= 4 is 17.5 Å². The Morgan fingerprint density at radius 1 is 1.20 bits per heavy atom. The van der Waals surface area contributed by atoms with Crippen molar-refractivity contribution in [2.75, 3.05) is 19.0 Å². The van der Waals surface area contributed by atoms with Crippen LogP contribution in [0, 0.1) is 0 Å². The summed E-state index contributed by atoms with van der Waals surface area (Å²) in [6.07, 6.45) is 0. The van der Waals surface area contributed by atoms with E-state index in [0.717, 1.165) is 11.3 Å². The third-order valence-electron chi connectivity index (χ3n) is 3.39. The number of carbonyl (C=O) groups excluding carboxylic acids is 2. The molecule has 5 heteroatoms. The Morgan fingerprint density at radius 3 is 2.30 bits per heavy atom. The molecule has 2 rings (SSSR count). The lowest BCUT2D eigenvalue weighted by Crippen LogP contribution is -2.44. The number of carbonyl (C=O) groups is 2. The van der Waals surface area contributed by atoms with Crippen molar-refractivity contribution < 1.29 is 9.59 Å². The predicted octanol–water partition coefficient (Wildman–Crippen LogP) is 1.97. The zero-order valence-electron chi connectivity index (χ0n) is 12.2. The minimum Gasteiger partial charge on any atom is -0.378 e. The number of Topliss-reactive ketones (excluding diaryl/α,β-unsaturated/α-hetero) is 1. The molecule has 1 aromatic rings. The maximum Gasteiger partial charge on any atom is 0.319 e. The van der Waals surface area contributed by atoms with Gasteiger partial charge in [0, 0.05) is 31.1 Å². The lowest BCUT2D eigenvalue weighted by molar-refractivity contribution is -0.114. The number of nitrogens with zero attached hydrogens (tertiary/aromatic N) is 1. The topological polar surface area (TPSA) is 61.4 Å². The monoisotopic (exact) mass is 273 g/mol. The highest BCUT2D eigenvalue weighted by atomic mass is 16.2. The number of amides is 2. The molecule has 0 radical (unpaired) electrons. The summed E-state index contributed by atoms with van der Waals surface area (Å²) in [4.78, 5) is 25.4. The molecule has 20 heavy (non-hydrogen) atoms. The Hall–Kier alpha value is -2.30. The smallest absolute Gasteiger partial charge is 0.319 e. The summed E-state index contributed by atoms with van der Waals surface area (Å²) in [6, 6.07) is 7.13. The van der Waals surface area contributed by atoms with Crippen molar-refractivity contribution in [2.45, 2.75) is 19.9 Å². The maximum atomic E-state index is 11.8. The molecular formula is C15H19N3O2. The number of ketones is 1. The van der Waals surface area contributed by atoms with Crippen LogP contribution in [0.4, 0.5) is 10.5 Å². The van der Waals surface area contributed by atoms with Crippen LogP contribution in [0.25, 0.3) is 0 Å². The van der Waals surface area contributed by atoms with Gasteiger partial charge in [-0.2, -0.15) is 0 Å². The third-order valence-corrected chi connectivity index (χ3v) is 3.39. The molecule has 0 spiro atoms. The summed E-state index contributed by atoms with van der Waals surface area (Å²) in [5.41, 5.74) is 3.18. The van der Waals surface area contributed by atoms with Crippen molar-refractivity contribution in [1.82, 2.24) is 10.6 Å². The Labute approximate surface area is 118 Å². The van der Waals surface area contributed by atoms with E-state index in [-0.39, 0.29) is 11.8 Å². The highest BCUT2D eigenvalue weighted by Crippen LogP contribution is 2.28. The number of hydrogen-bond donors (Lipinski definition) is 2. The van der Waals surface area contributed by atoms with Crippen LogP contribution in [0.2, 0.25) is 0 Å². The molecule has 106 valence electrons. The summed E-state index contributed by atoms with van der Waals surface area (Å²) < 4.78 is 0. The van der Waals surface area contributed by atoms with Gasteiger partial charge in [0.2, 0.25) is 0 Å². The number of benzene rings is 1. The fourth-order valence-electron chi connectivity index (χ4n) is 2.38. The number of rotatable bonds is 3. The largest absolute Gasteiger partial charge is 0.378 e. The second kappa shape index (κ2) is 5.36. The van der Waals surface area contributed by atoms with E-state index in [1.807, 2.05) is 43.3 Å². The van der Waals surface area contributed by atoms with Gasteiger partial charge in [0.15, 0.2) is 5.78 Å². The van der Waals surface area contributed by atoms with Gasteiger partial charge < -0.3 is 15.5 Å². The van der Waals surface area contributed by atoms with E-state index in [0.29, 0.717) is 11.3 Å². The van der Waals surface area contributed by atoms with Crippen molar-refractivity contribution in [3.63, 3.8) is 0 Å². The SMILES string of the molecule is CC(=O)C1=C(C)NC(=O)N[C@H]1c1ccc(N(C)C)cc1. The van der Waals surface area contributed by atoms with Crippen LogP contribution < -0.4 is 15.5 Å². The van der Waals surface area contributed by atoms with Gasteiger partial charge in [-0.15, -0.1) is 0 Å². The summed E-state index contributed by atoms with van der Waals surface area (Å²) in [6.45, 7) is 3.26. The third kappa shape index (κ3) is 2.66. The van der Waals surface area contributed by atoms with Crippen LogP contribution in [0.15, 0.2) is 35.5 Å². The number of allylic oxidation sites excluding steroid dienone is 1. The van der Waals surface area contributed by atoms with Crippen LogP contribution in [-0.4, -0.2) is 25.9 Å². The molecule has 1 aromatic carbocycles. The zero-order valence-corrected chi connectivity index (χ0v) is 12.2. The summed E-state index contributed by atoms with van der Waals surface area (Å²) in [5.74, 6) is -0.0447. The van der Waals surface area contributed by atoms with Crippen molar-refractivity contribution in [1.29, 1.82) is 0 Å². The quantitative estimate of drug-likeness (QED) is 0.885. The molecule has 2 N–H and O–H groups in total.